The Morgan fingerprint density at radius 3 is 2.47 bits per heavy atom. The van der Waals surface area contributed by atoms with Gasteiger partial charge in [0.05, 0.1) is 0 Å². The Balaban J connectivity index is 2.23. The third kappa shape index (κ3) is 3.08. The van der Waals surface area contributed by atoms with E-state index in [1.54, 1.807) is 0 Å². The Morgan fingerprint density at radius 1 is 1.29 bits per heavy atom. The molecule has 1 heterocycles. The lowest BCUT2D eigenvalue weighted by atomic mass is 10.0. The van der Waals surface area contributed by atoms with E-state index in [2.05, 4.69) is 41.4 Å². The summed E-state index contributed by atoms with van der Waals surface area (Å²) in [5.41, 5.74) is 0.0696. The van der Waals surface area contributed by atoms with Crippen LogP contribution in [0.3, 0.4) is 0 Å². The molecule has 0 bridgehead atoms. The molecule has 4 nitrogen and oxygen atoms in total. The molecule has 0 aliphatic heterocycles. The summed E-state index contributed by atoms with van der Waals surface area (Å²) in [4.78, 5) is 9.12. The molecule has 1 aromatic heterocycles. The standard InChI is InChI=1S/C13H22N4/c1-5-13(2,3)17-11-8-10(14-4)15-12(16-11)9-6-7-9/h8-9H,5-7H2,1-4H3,(H2,14,15,16,17). The average Bonchev–Trinajstić information content (AvgIpc) is 3.12. The van der Waals surface area contributed by atoms with Gasteiger partial charge in [-0.1, -0.05) is 6.92 Å². The highest BCUT2D eigenvalue weighted by atomic mass is 15.1. The summed E-state index contributed by atoms with van der Waals surface area (Å²) in [6.07, 6.45) is 3.51. The van der Waals surface area contributed by atoms with Crippen LogP contribution in [0.4, 0.5) is 11.6 Å². The van der Waals surface area contributed by atoms with Crippen LogP contribution >= 0.6 is 0 Å². The van der Waals surface area contributed by atoms with Crippen molar-refractivity contribution in [3.63, 3.8) is 0 Å². The van der Waals surface area contributed by atoms with Crippen molar-refractivity contribution in [2.24, 2.45) is 0 Å². The molecular weight excluding hydrogens is 212 g/mol. The molecular formula is C13H22N4. The molecule has 1 aliphatic carbocycles. The van der Waals surface area contributed by atoms with Gasteiger partial charge < -0.3 is 10.6 Å². The van der Waals surface area contributed by atoms with Gasteiger partial charge in [0.1, 0.15) is 17.5 Å². The van der Waals surface area contributed by atoms with E-state index < -0.39 is 0 Å². The van der Waals surface area contributed by atoms with Crippen molar-refractivity contribution in [3.8, 4) is 0 Å². The highest BCUT2D eigenvalue weighted by Gasteiger charge is 2.27. The maximum absolute atomic E-state index is 4.61. The van der Waals surface area contributed by atoms with E-state index in [4.69, 9.17) is 0 Å². The Morgan fingerprint density at radius 2 is 1.94 bits per heavy atom. The van der Waals surface area contributed by atoms with Crippen molar-refractivity contribution < 1.29 is 0 Å². The first-order valence-corrected chi connectivity index (χ1v) is 6.39. The predicted molar refractivity (Wildman–Crippen MR) is 71.5 cm³/mol. The fraction of sp³-hybridized carbons (Fsp3) is 0.692. The van der Waals surface area contributed by atoms with E-state index in [1.165, 1.54) is 12.8 Å². The lowest BCUT2D eigenvalue weighted by Gasteiger charge is -2.25. The second-order valence-electron chi connectivity index (χ2n) is 5.38. The van der Waals surface area contributed by atoms with E-state index in [0.29, 0.717) is 5.92 Å². The van der Waals surface area contributed by atoms with Gasteiger partial charge in [0.15, 0.2) is 0 Å². The minimum absolute atomic E-state index is 0.0696. The van der Waals surface area contributed by atoms with Crippen LogP contribution in [-0.2, 0) is 0 Å². The van der Waals surface area contributed by atoms with Gasteiger partial charge in [0, 0.05) is 24.6 Å². The SMILES string of the molecule is CCC(C)(C)Nc1cc(NC)nc(C2CC2)n1. The van der Waals surface area contributed by atoms with E-state index >= 15 is 0 Å². The summed E-state index contributed by atoms with van der Waals surface area (Å²) in [6, 6.07) is 1.98. The molecule has 1 aliphatic rings. The first kappa shape index (κ1) is 12.1. The topological polar surface area (TPSA) is 49.8 Å². The second kappa shape index (κ2) is 4.51. The van der Waals surface area contributed by atoms with Gasteiger partial charge in [-0.2, -0.15) is 0 Å². The summed E-state index contributed by atoms with van der Waals surface area (Å²) >= 11 is 0. The largest absolute Gasteiger partial charge is 0.373 e. The zero-order chi connectivity index (χ0) is 12.5. The second-order valence-corrected chi connectivity index (χ2v) is 5.38. The third-order valence-electron chi connectivity index (χ3n) is 3.29. The van der Waals surface area contributed by atoms with Crippen LogP contribution in [0.25, 0.3) is 0 Å². The summed E-state index contributed by atoms with van der Waals surface area (Å²) < 4.78 is 0. The Bertz CT molecular complexity index is 396. The molecule has 0 unspecified atom stereocenters. The van der Waals surface area contributed by atoms with Gasteiger partial charge >= 0.3 is 0 Å². The van der Waals surface area contributed by atoms with Crippen molar-refractivity contribution in [1.29, 1.82) is 0 Å². The van der Waals surface area contributed by atoms with Crippen LogP contribution in [0.1, 0.15) is 51.8 Å². The number of aromatic nitrogens is 2. The van der Waals surface area contributed by atoms with E-state index in [-0.39, 0.29) is 5.54 Å². The molecule has 2 N–H and O–H groups in total. The van der Waals surface area contributed by atoms with E-state index in [1.807, 2.05) is 13.1 Å². The van der Waals surface area contributed by atoms with Gasteiger partial charge in [0.25, 0.3) is 0 Å². The first-order chi connectivity index (χ1) is 8.04. The number of hydrogen-bond donors (Lipinski definition) is 2. The van der Waals surface area contributed by atoms with Crippen molar-refractivity contribution in [3.05, 3.63) is 11.9 Å². The van der Waals surface area contributed by atoms with Gasteiger partial charge in [-0.05, 0) is 33.1 Å². The predicted octanol–water partition coefficient (Wildman–Crippen LogP) is 3.00. The number of nitrogens with one attached hydrogen (secondary N) is 2. The molecule has 2 rings (SSSR count). The summed E-state index contributed by atoms with van der Waals surface area (Å²) in [6.45, 7) is 6.55. The molecule has 0 aromatic carbocycles. The highest BCUT2D eigenvalue weighted by molar-refractivity contribution is 5.49. The van der Waals surface area contributed by atoms with Crippen LogP contribution < -0.4 is 10.6 Å². The van der Waals surface area contributed by atoms with Crippen molar-refractivity contribution in [2.75, 3.05) is 17.7 Å². The molecule has 0 radical (unpaired) electrons. The van der Waals surface area contributed by atoms with Gasteiger partial charge in [-0.3, -0.25) is 0 Å². The molecule has 1 saturated carbocycles. The van der Waals surface area contributed by atoms with Crippen molar-refractivity contribution in [2.45, 2.75) is 51.5 Å². The van der Waals surface area contributed by atoms with Gasteiger partial charge in [-0.25, -0.2) is 9.97 Å². The average molecular weight is 234 g/mol. The van der Waals surface area contributed by atoms with Gasteiger partial charge in [-0.15, -0.1) is 0 Å². The highest BCUT2D eigenvalue weighted by Crippen LogP contribution is 2.39. The molecule has 1 fully saturated rings. The summed E-state index contributed by atoms with van der Waals surface area (Å²) in [5, 5.41) is 6.58. The lowest BCUT2D eigenvalue weighted by molar-refractivity contribution is 0.544. The normalized spacial score (nSPS) is 15.8. The Labute approximate surface area is 103 Å². The maximum Gasteiger partial charge on any atom is 0.136 e. The molecule has 0 amide bonds. The van der Waals surface area contributed by atoms with E-state index in [0.717, 1.165) is 23.9 Å². The first-order valence-electron chi connectivity index (χ1n) is 6.39. The molecule has 0 spiro atoms. The molecule has 17 heavy (non-hydrogen) atoms. The zero-order valence-electron chi connectivity index (χ0n) is 11.2. The molecule has 94 valence electrons. The smallest absolute Gasteiger partial charge is 0.136 e. The number of nitrogens with zero attached hydrogens (tertiary/aromatic N) is 2. The quantitative estimate of drug-likeness (QED) is 0.822. The summed E-state index contributed by atoms with van der Waals surface area (Å²) in [7, 11) is 1.90. The Kier molecular flexibility index (Phi) is 3.22. The Hall–Kier alpha value is -1.32. The maximum atomic E-state index is 4.61. The van der Waals surface area contributed by atoms with Crippen LogP contribution in [0.15, 0.2) is 6.07 Å². The number of rotatable bonds is 5. The van der Waals surface area contributed by atoms with Crippen LogP contribution in [-0.4, -0.2) is 22.6 Å². The van der Waals surface area contributed by atoms with Gasteiger partial charge in [0.2, 0.25) is 0 Å². The van der Waals surface area contributed by atoms with Crippen LogP contribution in [0.2, 0.25) is 0 Å². The summed E-state index contributed by atoms with van der Waals surface area (Å²) in [5.74, 6) is 3.38. The fourth-order valence-corrected chi connectivity index (χ4v) is 1.62. The third-order valence-corrected chi connectivity index (χ3v) is 3.29. The van der Waals surface area contributed by atoms with Crippen LogP contribution in [0.5, 0.6) is 0 Å². The monoisotopic (exact) mass is 234 g/mol. The zero-order valence-corrected chi connectivity index (χ0v) is 11.2. The minimum Gasteiger partial charge on any atom is -0.373 e. The van der Waals surface area contributed by atoms with Crippen molar-refractivity contribution >= 4 is 11.6 Å². The van der Waals surface area contributed by atoms with Crippen molar-refractivity contribution in [1.82, 2.24) is 9.97 Å². The number of anilines is 2. The fourth-order valence-electron chi connectivity index (χ4n) is 1.62. The molecule has 0 atom stereocenters. The van der Waals surface area contributed by atoms with Crippen LogP contribution in [0, 0.1) is 0 Å². The van der Waals surface area contributed by atoms with E-state index in [9.17, 15) is 0 Å². The molecule has 0 saturated heterocycles. The molecule has 1 aromatic rings. The lowest BCUT2D eigenvalue weighted by Crippen LogP contribution is -2.30. The minimum atomic E-state index is 0.0696. The molecule has 4 heteroatoms. The number of hydrogen-bond acceptors (Lipinski definition) is 4.